The molecule has 0 atom stereocenters. The van der Waals surface area contributed by atoms with Crippen molar-refractivity contribution in [3.63, 3.8) is 0 Å². The monoisotopic (exact) mass is 262 g/mol. The molecule has 1 aromatic rings. The van der Waals surface area contributed by atoms with Crippen molar-refractivity contribution < 1.29 is 50.8 Å². The molecule has 0 saturated carbocycles. The van der Waals surface area contributed by atoms with Crippen molar-refractivity contribution in [1.82, 2.24) is 0 Å². The zero-order valence-corrected chi connectivity index (χ0v) is 9.58. The van der Waals surface area contributed by atoms with Gasteiger partial charge >= 0.3 is 0 Å². The molecule has 12 heavy (non-hydrogen) atoms. The molecule has 2 N–H and O–H groups in total. The van der Waals surface area contributed by atoms with Gasteiger partial charge < -0.3 is 5.11 Å². The molecule has 1 aromatic carbocycles. The van der Waals surface area contributed by atoms with Crippen LogP contribution in [0.4, 0.5) is 0 Å². The predicted molar refractivity (Wildman–Crippen MR) is 36.8 cm³/mol. The average Bonchev–Trinajstić information content (AvgIpc) is 1.86. The van der Waals surface area contributed by atoms with Crippen molar-refractivity contribution in [1.29, 1.82) is 0 Å². The number of hydrogen-bond donors (Lipinski definition) is 2. The third-order valence-electron chi connectivity index (χ3n) is 1.08. The SMILES string of the molecule is O=S(=O)(O)c1c[c-]ccc1O.[Y]. The van der Waals surface area contributed by atoms with Crippen molar-refractivity contribution in [3.05, 3.63) is 24.3 Å². The van der Waals surface area contributed by atoms with Gasteiger partial charge in [0.25, 0.3) is 0 Å². The molecule has 63 valence electrons. The van der Waals surface area contributed by atoms with E-state index in [9.17, 15) is 8.42 Å². The van der Waals surface area contributed by atoms with Crippen LogP contribution in [0.2, 0.25) is 0 Å². The van der Waals surface area contributed by atoms with E-state index in [1.165, 1.54) is 6.07 Å². The van der Waals surface area contributed by atoms with Gasteiger partial charge in [-0.05, 0) is 0 Å². The van der Waals surface area contributed by atoms with E-state index in [0.29, 0.717) is 0 Å². The van der Waals surface area contributed by atoms with Crippen molar-refractivity contribution >= 4 is 10.1 Å². The second kappa shape index (κ2) is 4.32. The summed E-state index contributed by atoms with van der Waals surface area (Å²) >= 11 is 0. The summed E-state index contributed by atoms with van der Waals surface area (Å²) in [6, 6.07) is 5.87. The van der Waals surface area contributed by atoms with E-state index in [0.717, 1.165) is 12.1 Å². The summed E-state index contributed by atoms with van der Waals surface area (Å²) in [7, 11) is -4.31. The number of hydrogen-bond acceptors (Lipinski definition) is 3. The zero-order chi connectivity index (χ0) is 8.48. The van der Waals surface area contributed by atoms with Crippen molar-refractivity contribution in [3.8, 4) is 5.75 Å². The van der Waals surface area contributed by atoms with Crippen LogP contribution >= 0.6 is 0 Å². The molecular weight excluding hydrogens is 257 g/mol. The second-order valence-corrected chi connectivity index (χ2v) is 3.26. The van der Waals surface area contributed by atoms with Gasteiger partial charge in [0.2, 0.25) is 10.1 Å². The maximum absolute atomic E-state index is 10.4. The number of benzene rings is 1. The van der Waals surface area contributed by atoms with E-state index >= 15 is 0 Å². The standard InChI is InChI=1S/C6H5O4S.Y/c7-5-3-1-2-4-6(5)11(8,9)10;/h1,3-4,7H,(H,8,9,10);/q-1;. The summed E-state index contributed by atoms with van der Waals surface area (Å²) in [6.45, 7) is 0. The third kappa shape index (κ3) is 2.82. The quantitative estimate of drug-likeness (QED) is 0.568. The minimum atomic E-state index is -4.31. The summed E-state index contributed by atoms with van der Waals surface area (Å²) in [5.41, 5.74) is 0. The first-order chi connectivity index (χ1) is 5.02. The molecule has 0 aromatic heterocycles. The van der Waals surface area contributed by atoms with Crippen LogP contribution in [0.5, 0.6) is 5.75 Å². The molecule has 0 aliphatic rings. The number of rotatable bonds is 1. The minimum Gasteiger partial charge on any atom is -0.532 e. The Morgan fingerprint density at radius 1 is 1.42 bits per heavy atom. The van der Waals surface area contributed by atoms with Crippen LogP contribution < -0.4 is 0 Å². The Morgan fingerprint density at radius 2 is 2.00 bits per heavy atom. The first-order valence-corrected chi connectivity index (χ1v) is 4.12. The van der Waals surface area contributed by atoms with E-state index in [4.69, 9.17) is 9.66 Å². The van der Waals surface area contributed by atoms with Gasteiger partial charge in [0, 0.05) is 43.4 Å². The van der Waals surface area contributed by atoms with Crippen molar-refractivity contribution in [2.24, 2.45) is 0 Å². The van der Waals surface area contributed by atoms with Crippen LogP contribution in [0.3, 0.4) is 0 Å². The van der Waals surface area contributed by atoms with Crippen LogP contribution in [-0.4, -0.2) is 18.1 Å². The second-order valence-electron chi connectivity index (χ2n) is 1.87. The fourth-order valence-electron chi connectivity index (χ4n) is 0.614. The van der Waals surface area contributed by atoms with Gasteiger partial charge in [-0.25, -0.2) is 8.42 Å². The third-order valence-corrected chi connectivity index (χ3v) is 1.97. The Labute approximate surface area is 95.2 Å². The van der Waals surface area contributed by atoms with Crippen LogP contribution in [0, 0.1) is 6.07 Å². The molecule has 0 fully saturated rings. The Kier molecular flexibility index (Phi) is 4.33. The smallest absolute Gasteiger partial charge is 0.250 e. The van der Waals surface area contributed by atoms with Crippen LogP contribution in [-0.2, 0) is 42.8 Å². The van der Waals surface area contributed by atoms with Gasteiger partial charge in [-0.15, -0.1) is 6.07 Å². The van der Waals surface area contributed by atoms with Gasteiger partial charge in [-0.1, -0.05) is 0 Å². The molecule has 6 heteroatoms. The molecule has 0 saturated heterocycles. The number of phenols is 1. The fraction of sp³-hybridized carbons (Fsp3) is 0. The number of phenolic OH excluding ortho intramolecular Hbond substituents is 1. The average molecular weight is 262 g/mol. The van der Waals surface area contributed by atoms with Gasteiger partial charge in [0.05, 0.1) is 0 Å². The molecular formula is C6H5O4SY-. The Hall–Kier alpha value is 0.0339. The first-order valence-electron chi connectivity index (χ1n) is 2.68. The molecule has 0 aliphatic carbocycles. The predicted octanol–water partition coefficient (Wildman–Crippen LogP) is 0.437. The van der Waals surface area contributed by atoms with Gasteiger partial charge in [0.1, 0.15) is 0 Å². The zero-order valence-electron chi connectivity index (χ0n) is 5.93. The number of aromatic hydroxyl groups is 1. The molecule has 0 bridgehead atoms. The molecule has 0 aliphatic heterocycles. The summed E-state index contributed by atoms with van der Waals surface area (Å²) in [6.07, 6.45) is 0. The topological polar surface area (TPSA) is 74.6 Å². The minimum absolute atomic E-state index is 0. The maximum Gasteiger partial charge on any atom is 0.250 e. The van der Waals surface area contributed by atoms with E-state index < -0.39 is 20.8 Å². The first kappa shape index (κ1) is 12.0. The molecule has 1 rings (SSSR count). The molecule has 0 amide bonds. The van der Waals surface area contributed by atoms with E-state index in [1.807, 2.05) is 0 Å². The summed E-state index contributed by atoms with van der Waals surface area (Å²) in [5.74, 6) is -0.480. The largest absolute Gasteiger partial charge is 0.532 e. The van der Waals surface area contributed by atoms with E-state index in [2.05, 4.69) is 6.07 Å². The molecule has 4 nitrogen and oxygen atoms in total. The van der Waals surface area contributed by atoms with Gasteiger partial charge in [0.15, 0.2) is 0 Å². The van der Waals surface area contributed by atoms with Crippen molar-refractivity contribution in [2.75, 3.05) is 0 Å². The van der Waals surface area contributed by atoms with Crippen molar-refractivity contribution in [2.45, 2.75) is 4.90 Å². The summed E-state index contributed by atoms with van der Waals surface area (Å²) in [4.78, 5) is -0.528. The Balaban J connectivity index is 0.00000121. The van der Waals surface area contributed by atoms with Crippen LogP contribution in [0.1, 0.15) is 0 Å². The van der Waals surface area contributed by atoms with Crippen LogP contribution in [0.25, 0.3) is 0 Å². The van der Waals surface area contributed by atoms with E-state index in [1.54, 1.807) is 0 Å². The Bertz CT molecular complexity index is 360. The fourth-order valence-corrected chi connectivity index (χ4v) is 1.16. The summed E-state index contributed by atoms with van der Waals surface area (Å²) < 4.78 is 29.3. The van der Waals surface area contributed by atoms with Gasteiger partial charge in [-0.2, -0.15) is 18.2 Å². The Morgan fingerprint density at radius 3 is 2.33 bits per heavy atom. The molecule has 0 unspecified atom stereocenters. The normalized spacial score (nSPS) is 10.4. The summed E-state index contributed by atoms with van der Waals surface area (Å²) in [5, 5.41) is 8.89. The molecule has 1 radical (unpaired) electrons. The van der Waals surface area contributed by atoms with Crippen LogP contribution in [0.15, 0.2) is 23.1 Å². The molecule has 0 heterocycles. The molecule has 0 spiro atoms. The van der Waals surface area contributed by atoms with Gasteiger partial charge in [-0.3, -0.25) is 4.55 Å². The van der Waals surface area contributed by atoms with E-state index in [-0.39, 0.29) is 32.7 Å². The maximum atomic E-state index is 10.4.